The molecule has 2 aliphatic rings. The van der Waals surface area contributed by atoms with Crippen LogP contribution in [0.25, 0.3) is 0 Å². The zero-order chi connectivity index (χ0) is 24.8. The number of benzene rings is 1. The summed E-state index contributed by atoms with van der Waals surface area (Å²) in [5.41, 5.74) is 5.86. The number of halogens is 3. The Kier molecular flexibility index (Phi) is 8.51. The van der Waals surface area contributed by atoms with E-state index < -0.39 is 41.8 Å². The normalized spacial score (nSPS) is 17.8. The molecule has 2 aliphatic heterocycles. The monoisotopic (exact) mass is 473 g/mol. The SMILES string of the molecule is NCCCCCOc1cccc2c1C(=O)N(C1CCC(=O)NC1=O)C2=O.O=C(O)C(F)(F)F. The molecule has 1 aromatic rings. The second-order valence-electron chi connectivity index (χ2n) is 7.13. The predicted octanol–water partition coefficient (Wildman–Crippen LogP) is 1.23. The minimum absolute atomic E-state index is 0.0916. The third-order valence-electron chi connectivity index (χ3n) is 4.78. The first-order chi connectivity index (χ1) is 15.5. The van der Waals surface area contributed by atoms with Crippen LogP contribution in [0.3, 0.4) is 0 Å². The molecule has 3 rings (SSSR count). The van der Waals surface area contributed by atoms with Crippen molar-refractivity contribution in [3.8, 4) is 5.75 Å². The van der Waals surface area contributed by atoms with Crippen molar-refractivity contribution in [3.63, 3.8) is 0 Å². The number of hydrogen-bond donors (Lipinski definition) is 3. The van der Waals surface area contributed by atoms with Crippen LogP contribution in [0.1, 0.15) is 52.8 Å². The average molecular weight is 473 g/mol. The maximum Gasteiger partial charge on any atom is 0.490 e. The van der Waals surface area contributed by atoms with Crippen LogP contribution in [0.15, 0.2) is 18.2 Å². The van der Waals surface area contributed by atoms with Gasteiger partial charge in [0.05, 0.1) is 17.7 Å². The number of amides is 4. The van der Waals surface area contributed by atoms with Gasteiger partial charge in [0.1, 0.15) is 11.8 Å². The molecular weight excluding hydrogens is 451 g/mol. The highest BCUT2D eigenvalue weighted by atomic mass is 19.4. The number of aliphatic carboxylic acids is 1. The van der Waals surface area contributed by atoms with Gasteiger partial charge in [0.2, 0.25) is 11.8 Å². The van der Waals surface area contributed by atoms with Crippen molar-refractivity contribution in [1.82, 2.24) is 10.2 Å². The summed E-state index contributed by atoms with van der Waals surface area (Å²) >= 11 is 0. The first kappa shape index (κ1) is 25.8. The van der Waals surface area contributed by atoms with E-state index in [1.54, 1.807) is 18.2 Å². The first-order valence-electron chi connectivity index (χ1n) is 9.96. The van der Waals surface area contributed by atoms with E-state index in [0.717, 1.165) is 24.2 Å². The number of carboxylic acids is 1. The summed E-state index contributed by atoms with van der Waals surface area (Å²) in [5, 5.41) is 9.30. The average Bonchev–Trinajstić information content (AvgIpc) is 2.99. The van der Waals surface area contributed by atoms with Gasteiger partial charge in [-0.3, -0.25) is 29.4 Å². The molecule has 1 atom stereocenters. The number of fused-ring (bicyclic) bond motifs is 1. The number of alkyl halides is 3. The number of imide groups is 2. The number of nitrogens with zero attached hydrogens (tertiary/aromatic N) is 1. The number of unbranched alkanes of at least 4 members (excludes halogenated alkanes) is 2. The van der Waals surface area contributed by atoms with Crippen molar-refractivity contribution in [2.24, 2.45) is 5.73 Å². The molecule has 180 valence electrons. The van der Waals surface area contributed by atoms with Crippen LogP contribution in [0.5, 0.6) is 5.75 Å². The lowest BCUT2D eigenvalue weighted by Crippen LogP contribution is -2.54. The molecule has 4 N–H and O–H groups in total. The number of nitrogens with two attached hydrogens (primary N) is 1. The molecular formula is C20H22F3N3O7. The van der Waals surface area contributed by atoms with Crippen LogP contribution in [-0.2, 0) is 14.4 Å². The van der Waals surface area contributed by atoms with Gasteiger partial charge in [-0.1, -0.05) is 6.07 Å². The molecule has 0 radical (unpaired) electrons. The van der Waals surface area contributed by atoms with E-state index in [2.05, 4.69) is 5.32 Å². The molecule has 0 bridgehead atoms. The van der Waals surface area contributed by atoms with Crippen LogP contribution in [-0.4, -0.2) is 65.0 Å². The Morgan fingerprint density at radius 3 is 2.39 bits per heavy atom. The Hall–Kier alpha value is -3.48. The summed E-state index contributed by atoms with van der Waals surface area (Å²) < 4.78 is 37.4. The number of carboxylic acid groups (broad SMARTS) is 1. The van der Waals surface area contributed by atoms with Crippen LogP contribution in [0.4, 0.5) is 13.2 Å². The smallest absolute Gasteiger partial charge is 0.490 e. The molecule has 0 aliphatic carbocycles. The molecule has 0 saturated carbocycles. The Balaban J connectivity index is 0.000000479. The van der Waals surface area contributed by atoms with E-state index in [-0.39, 0.29) is 24.0 Å². The quantitative estimate of drug-likeness (QED) is 0.394. The topological polar surface area (TPSA) is 156 Å². The van der Waals surface area contributed by atoms with Gasteiger partial charge in [-0.25, -0.2) is 4.79 Å². The fourth-order valence-electron chi connectivity index (χ4n) is 3.21. The fourth-order valence-corrected chi connectivity index (χ4v) is 3.21. The van der Waals surface area contributed by atoms with Gasteiger partial charge in [0.15, 0.2) is 0 Å². The Morgan fingerprint density at radius 1 is 1.15 bits per heavy atom. The molecule has 10 nitrogen and oxygen atoms in total. The van der Waals surface area contributed by atoms with Crippen molar-refractivity contribution in [1.29, 1.82) is 0 Å². The highest BCUT2D eigenvalue weighted by molar-refractivity contribution is 6.24. The van der Waals surface area contributed by atoms with Gasteiger partial charge >= 0.3 is 12.1 Å². The molecule has 1 unspecified atom stereocenters. The lowest BCUT2D eigenvalue weighted by atomic mass is 10.0. The number of ether oxygens (including phenoxy) is 1. The van der Waals surface area contributed by atoms with E-state index in [1.165, 1.54) is 0 Å². The molecule has 13 heteroatoms. The Morgan fingerprint density at radius 2 is 1.82 bits per heavy atom. The summed E-state index contributed by atoms with van der Waals surface area (Å²) in [7, 11) is 0. The zero-order valence-corrected chi connectivity index (χ0v) is 17.3. The van der Waals surface area contributed by atoms with Crippen LogP contribution in [0.2, 0.25) is 0 Å². The van der Waals surface area contributed by atoms with E-state index >= 15 is 0 Å². The Labute approximate surface area is 185 Å². The summed E-state index contributed by atoms with van der Waals surface area (Å²) in [5.74, 6) is -4.54. The summed E-state index contributed by atoms with van der Waals surface area (Å²) in [6, 6.07) is 3.86. The number of piperidine rings is 1. The number of rotatable bonds is 7. The summed E-state index contributed by atoms with van der Waals surface area (Å²) in [6.07, 6.45) is -2.25. The van der Waals surface area contributed by atoms with Crippen molar-refractivity contribution in [2.75, 3.05) is 13.2 Å². The van der Waals surface area contributed by atoms with E-state index in [4.69, 9.17) is 20.4 Å². The largest absolute Gasteiger partial charge is 0.493 e. The standard InChI is InChI=1S/C18H21N3O5.C2HF3O2/c19-9-2-1-3-10-26-13-6-4-5-11-15(13)18(25)21(17(11)24)12-7-8-14(22)20-16(12)23;3-2(4,5)1(6)7/h4-6,12H,1-3,7-10,19H2,(H,20,22,23);(H,6,7). The molecule has 0 aromatic heterocycles. The van der Waals surface area contributed by atoms with Gasteiger partial charge in [0.25, 0.3) is 11.8 Å². The highest BCUT2D eigenvalue weighted by Crippen LogP contribution is 2.33. The molecule has 0 spiro atoms. The van der Waals surface area contributed by atoms with Gasteiger partial charge in [0, 0.05) is 6.42 Å². The molecule has 2 heterocycles. The van der Waals surface area contributed by atoms with Crippen molar-refractivity contribution >= 4 is 29.6 Å². The van der Waals surface area contributed by atoms with Crippen molar-refractivity contribution in [2.45, 2.75) is 44.3 Å². The second-order valence-corrected chi connectivity index (χ2v) is 7.13. The van der Waals surface area contributed by atoms with Crippen LogP contribution in [0, 0.1) is 0 Å². The third kappa shape index (κ3) is 6.28. The summed E-state index contributed by atoms with van der Waals surface area (Å²) in [6.45, 7) is 1.03. The van der Waals surface area contributed by atoms with Gasteiger partial charge in [-0.15, -0.1) is 0 Å². The van der Waals surface area contributed by atoms with Crippen LogP contribution >= 0.6 is 0 Å². The maximum atomic E-state index is 12.8. The van der Waals surface area contributed by atoms with Gasteiger partial charge in [-0.2, -0.15) is 13.2 Å². The second kappa shape index (κ2) is 10.9. The van der Waals surface area contributed by atoms with E-state index in [0.29, 0.717) is 18.9 Å². The van der Waals surface area contributed by atoms with Crippen molar-refractivity contribution < 1.29 is 47.0 Å². The highest BCUT2D eigenvalue weighted by Gasteiger charge is 2.46. The lowest BCUT2D eigenvalue weighted by molar-refractivity contribution is -0.192. The summed E-state index contributed by atoms with van der Waals surface area (Å²) in [4.78, 5) is 58.7. The minimum Gasteiger partial charge on any atom is -0.493 e. The van der Waals surface area contributed by atoms with E-state index in [9.17, 15) is 32.3 Å². The van der Waals surface area contributed by atoms with Crippen molar-refractivity contribution in [3.05, 3.63) is 29.3 Å². The molecule has 1 saturated heterocycles. The first-order valence-corrected chi connectivity index (χ1v) is 9.96. The zero-order valence-electron chi connectivity index (χ0n) is 17.3. The predicted molar refractivity (Wildman–Crippen MR) is 105 cm³/mol. The molecule has 1 fully saturated rings. The van der Waals surface area contributed by atoms with Crippen LogP contribution < -0.4 is 15.8 Å². The lowest BCUT2D eigenvalue weighted by Gasteiger charge is -2.27. The Bertz CT molecular complexity index is 949. The number of hydrogen-bond acceptors (Lipinski definition) is 7. The number of carbonyl (C=O) groups excluding carboxylic acids is 4. The van der Waals surface area contributed by atoms with Gasteiger partial charge < -0.3 is 15.6 Å². The minimum atomic E-state index is -5.08. The van der Waals surface area contributed by atoms with E-state index in [1.807, 2.05) is 0 Å². The third-order valence-corrected chi connectivity index (χ3v) is 4.78. The number of nitrogens with one attached hydrogen (secondary N) is 1. The fraction of sp³-hybridized carbons (Fsp3) is 0.450. The molecule has 4 amide bonds. The maximum absolute atomic E-state index is 12.8. The number of carbonyl (C=O) groups is 5. The molecule has 1 aromatic carbocycles. The molecule has 33 heavy (non-hydrogen) atoms. The van der Waals surface area contributed by atoms with Gasteiger partial charge in [-0.05, 0) is 44.4 Å².